The zero-order valence-electron chi connectivity index (χ0n) is 14.9. The molecule has 1 aliphatic heterocycles. The molecular formula is C19H19Cl2N3O3. The first-order chi connectivity index (χ1) is 12.9. The van der Waals surface area contributed by atoms with Crippen molar-refractivity contribution in [1.29, 1.82) is 0 Å². The fourth-order valence-electron chi connectivity index (χ4n) is 2.88. The van der Waals surface area contributed by atoms with Crippen LogP contribution < -0.4 is 20.3 Å². The molecule has 2 N–H and O–H groups in total. The molecule has 0 radical (unpaired) electrons. The smallest absolute Gasteiger partial charge is 0.262 e. The van der Waals surface area contributed by atoms with Crippen LogP contribution in [0.15, 0.2) is 36.4 Å². The molecule has 0 fully saturated rings. The van der Waals surface area contributed by atoms with E-state index in [1.54, 1.807) is 30.1 Å². The van der Waals surface area contributed by atoms with Crippen molar-refractivity contribution in [3.63, 3.8) is 0 Å². The van der Waals surface area contributed by atoms with E-state index in [1.807, 2.05) is 25.1 Å². The van der Waals surface area contributed by atoms with E-state index in [-0.39, 0.29) is 24.9 Å². The number of para-hydroxylation sites is 2. The van der Waals surface area contributed by atoms with Gasteiger partial charge in [0.25, 0.3) is 5.91 Å². The molecule has 8 heteroatoms. The number of benzene rings is 2. The van der Waals surface area contributed by atoms with Crippen molar-refractivity contribution in [3.8, 4) is 5.75 Å². The highest BCUT2D eigenvalue weighted by molar-refractivity contribution is 6.40. The van der Waals surface area contributed by atoms with E-state index in [4.69, 9.17) is 27.9 Å². The van der Waals surface area contributed by atoms with Gasteiger partial charge in [-0.25, -0.2) is 0 Å². The van der Waals surface area contributed by atoms with Gasteiger partial charge in [-0.1, -0.05) is 41.4 Å². The first kappa shape index (κ1) is 19.3. The van der Waals surface area contributed by atoms with Gasteiger partial charge < -0.3 is 20.3 Å². The van der Waals surface area contributed by atoms with Gasteiger partial charge in [-0.15, -0.1) is 0 Å². The van der Waals surface area contributed by atoms with Gasteiger partial charge in [0.1, 0.15) is 5.75 Å². The van der Waals surface area contributed by atoms with Crippen LogP contribution in [-0.4, -0.2) is 38.1 Å². The number of amides is 2. The molecule has 142 valence electrons. The lowest BCUT2D eigenvalue weighted by molar-refractivity contribution is -0.127. The summed E-state index contributed by atoms with van der Waals surface area (Å²) >= 11 is 12.4. The summed E-state index contributed by atoms with van der Waals surface area (Å²) in [5.74, 6) is 0.00761. The van der Waals surface area contributed by atoms with Gasteiger partial charge in [-0.2, -0.15) is 0 Å². The summed E-state index contributed by atoms with van der Waals surface area (Å²) in [4.78, 5) is 26.5. The van der Waals surface area contributed by atoms with Crippen molar-refractivity contribution in [2.75, 3.05) is 30.4 Å². The van der Waals surface area contributed by atoms with E-state index >= 15 is 0 Å². The lowest BCUT2D eigenvalue weighted by Gasteiger charge is -2.35. The van der Waals surface area contributed by atoms with Crippen LogP contribution in [0.25, 0.3) is 0 Å². The first-order valence-electron chi connectivity index (χ1n) is 8.37. The summed E-state index contributed by atoms with van der Waals surface area (Å²) < 4.78 is 5.74. The second kappa shape index (κ2) is 8.06. The van der Waals surface area contributed by atoms with E-state index in [0.717, 1.165) is 11.3 Å². The average molecular weight is 408 g/mol. The fraction of sp³-hybridized carbons (Fsp3) is 0.263. The van der Waals surface area contributed by atoms with E-state index in [0.29, 0.717) is 21.5 Å². The third-order valence-corrected chi connectivity index (χ3v) is 5.09. The van der Waals surface area contributed by atoms with Crippen molar-refractivity contribution in [3.05, 3.63) is 52.0 Å². The Bertz CT molecular complexity index is 888. The van der Waals surface area contributed by atoms with Crippen molar-refractivity contribution in [2.24, 2.45) is 0 Å². The van der Waals surface area contributed by atoms with Gasteiger partial charge in [-0.05, 0) is 30.7 Å². The number of likely N-dealkylation sites (N-methyl/N-ethyl adjacent to an activating group) is 1. The predicted molar refractivity (Wildman–Crippen MR) is 107 cm³/mol. The molecule has 0 saturated heterocycles. The number of nitrogens with zero attached hydrogens (tertiary/aromatic N) is 1. The van der Waals surface area contributed by atoms with Gasteiger partial charge in [0.15, 0.2) is 6.10 Å². The summed E-state index contributed by atoms with van der Waals surface area (Å²) in [6.07, 6.45) is -0.705. The van der Waals surface area contributed by atoms with Crippen LogP contribution in [0.4, 0.5) is 11.4 Å². The number of ether oxygens (including phenoxy) is 1. The third-order valence-electron chi connectivity index (χ3n) is 4.28. The van der Waals surface area contributed by atoms with Gasteiger partial charge in [0, 0.05) is 7.05 Å². The number of carbonyl (C=O) groups is 2. The highest BCUT2D eigenvalue weighted by Crippen LogP contribution is 2.34. The minimum Gasteiger partial charge on any atom is -0.477 e. The molecular weight excluding hydrogens is 389 g/mol. The summed E-state index contributed by atoms with van der Waals surface area (Å²) in [6.45, 7) is 2.11. The molecule has 3 rings (SSSR count). The Labute approximate surface area is 167 Å². The van der Waals surface area contributed by atoms with Crippen LogP contribution >= 0.6 is 23.2 Å². The normalized spacial score (nSPS) is 15.6. The number of rotatable bonds is 4. The van der Waals surface area contributed by atoms with Crippen molar-refractivity contribution < 1.29 is 14.3 Å². The number of halogens is 2. The number of aryl methyl sites for hydroxylation is 1. The minimum absolute atomic E-state index is 0.0223. The number of carbonyl (C=O) groups excluding carboxylic acids is 2. The van der Waals surface area contributed by atoms with Gasteiger partial charge in [-0.3, -0.25) is 9.59 Å². The van der Waals surface area contributed by atoms with Crippen molar-refractivity contribution in [2.45, 2.75) is 13.0 Å². The standard InChI is InChI=1S/C19H19Cl2N3O3/c1-11-7-8-12(20)18(17(11)21)23-16(25)10-24-9-15(19(26)22-2)27-14-6-4-3-5-13(14)24/h3-8,15H,9-10H2,1-2H3,(H,22,26)(H,23,25). The maximum atomic E-state index is 12.6. The first-order valence-corrected chi connectivity index (χ1v) is 9.13. The van der Waals surface area contributed by atoms with E-state index < -0.39 is 6.10 Å². The molecule has 1 heterocycles. The summed E-state index contributed by atoms with van der Waals surface area (Å²) in [6, 6.07) is 10.7. The monoisotopic (exact) mass is 407 g/mol. The lowest BCUT2D eigenvalue weighted by atomic mass is 10.1. The highest BCUT2D eigenvalue weighted by atomic mass is 35.5. The Hall–Kier alpha value is -2.44. The molecule has 0 aromatic heterocycles. The molecule has 2 aromatic carbocycles. The summed E-state index contributed by atoms with van der Waals surface area (Å²) in [5.41, 5.74) is 1.94. The predicted octanol–water partition coefficient (Wildman–Crippen LogP) is 3.25. The van der Waals surface area contributed by atoms with Crippen LogP contribution in [0.5, 0.6) is 5.75 Å². The number of fused-ring (bicyclic) bond motifs is 1. The van der Waals surface area contributed by atoms with Crippen LogP contribution in [-0.2, 0) is 9.59 Å². The molecule has 0 bridgehead atoms. The number of hydrogen-bond donors (Lipinski definition) is 2. The maximum absolute atomic E-state index is 12.6. The molecule has 27 heavy (non-hydrogen) atoms. The van der Waals surface area contributed by atoms with Crippen LogP contribution in [0, 0.1) is 6.92 Å². The molecule has 2 aromatic rings. The number of hydrogen-bond acceptors (Lipinski definition) is 4. The van der Waals surface area contributed by atoms with E-state index in [2.05, 4.69) is 10.6 Å². The Balaban J connectivity index is 1.81. The third kappa shape index (κ3) is 4.12. The maximum Gasteiger partial charge on any atom is 0.262 e. The van der Waals surface area contributed by atoms with E-state index in [9.17, 15) is 9.59 Å². The molecule has 6 nitrogen and oxygen atoms in total. The SMILES string of the molecule is CNC(=O)C1CN(CC(=O)Nc2c(Cl)ccc(C)c2Cl)c2ccccc2O1. The summed E-state index contributed by atoms with van der Waals surface area (Å²) in [7, 11) is 1.55. The Morgan fingerprint density at radius 2 is 1.96 bits per heavy atom. The lowest BCUT2D eigenvalue weighted by Crippen LogP contribution is -2.50. The van der Waals surface area contributed by atoms with Gasteiger partial charge in [0.05, 0.1) is 34.5 Å². The molecule has 2 amide bonds. The number of nitrogens with one attached hydrogen (secondary N) is 2. The van der Waals surface area contributed by atoms with Crippen LogP contribution in [0.1, 0.15) is 5.56 Å². The van der Waals surface area contributed by atoms with Crippen molar-refractivity contribution in [1.82, 2.24) is 5.32 Å². The average Bonchev–Trinajstić information content (AvgIpc) is 2.67. The largest absolute Gasteiger partial charge is 0.477 e. The van der Waals surface area contributed by atoms with E-state index in [1.165, 1.54) is 0 Å². The zero-order chi connectivity index (χ0) is 19.6. The quantitative estimate of drug-likeness (QED) is 0.815. The van der Waals surface area contributed by atoms with Crippen LogP contribution in [0.3, 0.4) is 0 Å². The second-order valence-corrected chi connectivity index (χ2v) is 6.96. The second-order valence-electron chi connectivity index (χ2n) is 6.17. The molecule has 0 aliphatic carbocycles. The van der Waals surface area contributed by atoms with Gasteiger partial charge in [0.2, 0.25) is 5.91 Å². The molecule has 1 aliphatic rings. The Morgan fingerprint density at radius 1 is 1.22 bits per heavy atom. The number of anilines is 2. The van der Waals surface area contributed by atoms with Crippen LogP contribution in [0.2, 0.25) is 10.0 Å². The Kier molecular flexibility index (Phi) is 5.77. The highest BCUT2D eigenvalue weighted by Gasteiger charge is 2.31. The van der Waals surface area contributed by atoms with Crippen molar-refractivity contribution >= 4 is 46.4 Å². The fourth-order valence-corrected chi connectivity index (χ4v) is 3.34. The molecule has 0 saturated carbocycles. The van der Waals surface area contributed by atoms with Gasteiger partial charge >= 0.3 is 0 Å². The molecule has 0 spiro atoms. The Morgan fingerprint density at radius 3 is 2.70 bits per heavy atom. The summed E-state index contributed by atoms with van der Waals surface area (Å²) in [5, 5.41) is 6.11. The molecule has 1 unspecified atom stereocenters. The topological polar surface area (TPSA) is 70.7 Å². The molecule has 1 atom stereocenters. The zero-order valence-corrected chi connectivity index (χ0v) is 16.4. The minimum atomic E-state index is -0.705.